The van der Waals surface area contributed by atoms with Gasteiger partial charge in [-0.2, -0.15) is 0 Å². The Morgan fingerprint density at radius 2 is 1.61 bits per heavy atom. The van der Waals surface area contributed by atoms with Crippen molar-refractivity contribution in [3.8, 4) is 0 Å². The molecule has 0 aliphatic carbocycles. The molecule has 1 heterocycles. The molecular formula is C24H21N3O. The fourth-order valence-electron chi connectivity index (χ4n) is 3.43. The van der Waals surface area contributed by atoms with Crippen LogP contribution in [-0.2, 0) is 11.3 Å². The molecule has 4 nitrogen and oxygen atoms in total. The topological polar surface area (TPSA) is 68.0 Å². The summed E-state index contributed by atoms with van der Waals surface area (Å²) in [7, 11) is 0. The first-order valence-corrected chi connectivity index (χ1v) is 9.23. The van der Waals surface area contributed by atoms with Crippen LogP contribution < -0.4 is 11.1 Å². The number of hydrogen-bond donors (Lipinski definition) is 2. The van der Waals surface area contributed by atoms with Gasteiger partial charge >= 0.3 is 0 Å². The molecule has 3 N–H and O–H groups in total. The molecule has 0 spiro atoms. The van der Waals surface area contributed by atoms with Crippen LogP contribution in [0, 0.1) is 0 Å². The monoisotopic (exact) mass is 367 g/mol. The number of anilines is 1. The molecule has 4 aromatic rings. The summed E-state index contributed by atoms with van der Waals surface area (Å²) < 4.78 is 0. The standard InChI is InChI=1S/C24H21N3O/c25-23-21-12-11-20(15-19(21)13-14-26-23)22(18-9-5-2-6-10-18)24(28)27-16-17-7-3-1-4-8-17/h1-15,22H,16H2,(H2,25,26)(H,27,28). The summed E-state index contributed by atoms with van der Waals surface area (Å²) in [5.41, 5.74) is 8.92. The maximum absolute atomic E-state index is 13.2. The molecule has 0 saturated heterocycles. The Hall–Kier alpha value is -3.66. The SMILES string of the molecule is Nc1nccc2cc(C(C(=O)NCc3ccccc3)c3ccccc3)ccc12. The first kappa shape index (κ1) is 17.7. The Morgan fingerprint density at radius 3 is 2.36 bits per heavy atom. The lowest BCUT2D eigenvalue weighted by Crippen LogP contribution is -2.29. The van der Waals surface area contributed by atoms with Crippen molar-refractivity contribution < 1.29 is 4.79 Å². The third-order valence-corrected chi connectivity index (χ3v) is 4.86. The van der Waals surface area contributed by atoms with Crippen LogP contribution in [0.25, 0.3) is 10.8 Å². The Kier molecular flexibility index (Phi) is 5.02. The second-order valence-electron chi connectivity index (χ2n) is 6.72. The number of hydrogen-bond acceptors (Lipinski definition) is 3. The predicted molar refractivity (Wildman–Crippen MR) is 113 cm³/mol. The van der Waals surface area contributed by atoms with E-state index in [1.807, 2.05) is 84.9 Å². The van der Waals surface area contributed by atoms with Gasteiger partial charge in [-0.1, -0.05) is 72.8 Å². The number of carbonyl (C=O) groups is 1. The molecule has 0 aliphatic rings. The Morgan fingerprint density at radius 1 is 0.893 bits per heavy atom. The zero-order chi connectivity index (χ0) is 19.3. The highest BCUT2D eigenvalue weighted by molar-refractivity contribution is 5.93. The summed E-state index contributed by atoms with van der Waals surface area (Å²) in [6, 6.07) is 27.6. The molecule has 1 amide bonds. The third kappa shape index (κ3) is 3.71. The first-order valence-electron chi connectivity index (χ1n) is 9.23. The summed E-state index contributed by atoms with van der Waals surface area (Å²) in [5, 5.41) is 4.94. The molecule has 1 unspecified atom stereocenters. The fraction of sp³-hybridized carbons (Fsp3) is 0.0833. The van der Waals surface area contributed by atoms with Gasteiger partial charge in [0.05, 0.1) is 5.92 Å². The third-order valence-electron chi connectivity index (χ3n) is 4.86. The first-order chi connectivity index (χ1) is 13.7. The van der Waals surface area contributed by atoms with Crippen molar-refractivity contribution in [2.45, 2.75) is 12.5 Å². The number of rotatable bonds is 5. The second kappa shape index (κ2) is 7.92. The molecular weight excluding hydrogens is 346 g/mol. The van der Waals surface area contributed by atoms with Gasteiger partial charge in [-0.05, 0) is 34.2 Å². The number of pyridine rings is 1. The van der Waals surface area contributed by atoms with Gasteiger partial charge < -0.3 is 11.1 Å². The van der Waals surface area contributed by atoms with E-state index in [-0.39, 0.29) is 5.91 Å². The number of carbonyl (C=O) groups excluding carboxylic acids is 1. The fourth-order valence-corrected chi connectivity index (χ4v) is 3.43. The van der Waals surface area contributed by atoms with E-state index >= 15 is 0 Å². The second-order valence-corrected chi connectivity index (χ2v) is 6.72. The van der Waals surface area contributed by atoms with Gasteiger partial charge in [-0.15, -0.1) is 0 Å². The number of aromatic nitrogens is 1. The number of fused-ring (bicyclic) bond motifs is 1. The van der Waals surface area contributed by atoms with Crippen LogP contribution in [0.15, 0.2) is 91.1 Å². The molecule has 0 saturated carbocycles. The molecule has 28 heavy (non-hydrogen) atoms. The smallest absolute Gasteiger partial charge is 0.232 e. The van der Waals surface area contributed by atoms with Crippen LogP contribution in [0.4, 0.5) is 5.82 Å². The van der Waals surface area contributed by atoms with Crippen molar-refractivity contribution in [1.82, 2.24) is 10.3 Å². The highest BCUT2D eigenvalue weighted by Gasteiger charge is 2.23. The lowest BCUT2D eigenvalue weighted by Gasteiger charge is -2.19. The van der Waals surface area contributed by atoms with Crippen molar-refractivity contribution in [2.75, 3.05) is 5.73 Å². The van der Waals surface area contributed by atoms with E-state index < -0.39 is 5.92 Å². The Bertz CT molecular complexity index is 1090. The van der Waals surface area contributed by atoms with Gasteiger partial charge in [0.25, 0.3) is 0 Å². The lowest BCUT2D eigenvalue weighted by molar-refractivity contribution is -0.121. The van der Waals surface area contributed by atoms with Crippen LogP contribution in [0.1, 0.15) is 22.6 Å². The Balaban J connectivity index is 1.69. The summed E-state index contributed by atoms with van der Waals surface area (Å²) in [5.74, 6) is 0.0639. The summed E-state index contributed by atoms with van der Waals surface area (Å²) in [6.07, 6.45) is 1.69. The normalized spacial score (nSPS) is 11.9. The number of amides is 1. The average Bonchev–Trinajstić information content (AvgIpc) is 2.74. The van der Waals surface area contributed by atoms with Gasteiger partial charge in [-0.25, -0.2) is 4.98 Å². The zero-order valence-electron chi connectivity index (χ0n) is 15.4. The molecule has 1 atom stereocenters. The van der Waals surface area contributed by atoms with E-state index in [0.717, 1.165) is 27.5 Å². The molecule has 4 rings (SSSR count). The molecule has 0 fully saturated rings. The minimum absolute atomic E-state index is 0.0311. The highest BCUT2D eigenvalue weighted by Crippen LogP contribution is 2.29. The highest BCUT2D eigenvalue weighted by atomic mass is 16.1. The van der Waals surface area contributed by atoms with Gasteiger partial charge in [0.1, 0.15) is 5.82 Å². The molecule has 0 bridgehead atoms. The van der Waals surface area contributed by atoms with Gasteiger partial charge in [-0.3, -0.25) is 4.79 Å². The largest absolute Gasteiger partial charge is 0.383 e. The van der Waals surface area contributed by atoms with Crippen LogP contribution in [0.2, 0.25) is 0 Å². The van der Waals surface area contributed by atoms with Crippen molar-refractivity contribution in [1.29, 1.82) is 0 Å². The van der Waals surface area contributed by atoms with E-state index in [4.69, 9.17) is 5.73 Å². The van der Waals surface area contributed by atoms with Gasteiger partial charge in [0.15, 0.2) is 0 Å². The minimum atomic E-state index is -0.399. The lowest BCUT2D eigenvalue weighted by atomic mass is 9.89. The molecule has 138 valence electrons. The van der Waals surface area contributed by atoms with Gasteiger partial charge in [0.2, 0.25) is 5.91 Å². The molecule has 4 heteroatoms. The summed E-state index contributed by atoms with van der Waals surface area (Å²) >= 11 is 0. The van der Waals surface area contributed by atoms with Gasteiger partial charge in [0, 0.05) is 18.1 Å². The van der Waals surface area contributed by atoms with Crippen LogP contribution in [-0.4, -0.2) is 10.9 Å². The molecule has 3 aromatic carbocycles. The van der Waals surface area contributed by atoms with E-state index in [0.29, 0.717) is 12.4 Å². The molecule has 0 radical (unpaired) electrons. The molecule has 0 aliphatic heterocycles. The van der Waals surface area contributed by atoms with Crippen molar-refractivity contribution in [2.24, 2.45) is 0 Å². The molecule has 1 aromatic heterocycles. The predicted octanol–water partition coefficient (Wildman–Crippen LogP) is 4.27. The van der Waals surface area contributed by atoms with Crippen molar-refractivity contribution in [3.05, 3.63) is 108 Å². The van der Waals surface area contributed by atoms with Crippen molar-refractivity contribution >= 4 is 22.5 Å². The zero-order valence-corrected chi connectivity index (χ0v) is 15.4. The number of nitrogens with zero attached hydrogens (tertiary/aromatic N) is 1. The quantitative estimate of drug-likeness (QED) is 0.554. The number of nitrogens with two attached hydrogens (primary N) is 1. The number of benzene rings is 3. The minimum Gasteiger partial charge on any atom is -0.383 e. The van der Waals surface area contributed by atoms with E-state index in [1.54, 1.807) is 6.20 Å². The summed E-state index contributed by atoms with van der Waals surface area (Å²) in [4.78, 5) is 17.3. The Labute approximate surface area is 164 Å². The van der Waals surface area contributed by atoms with E-state index in [9.17, 15) is 4.79 Å². The van der Waals surface area contributed by atoms with Crippen LogP contribution >= 0.6 is 0 Å². The van der Waals surface area contributed by atoms with Crippen LogP contribution in [0.5, 0.6) is 0 Å². The van der Waals surface area contributed by atoms with Crippen molar-refractivity contribution in [3.63, 3.8) is 0 Å². The number of nitrogens with one attached hydrogen (secondary N) is 1. The maximum Gasteiger partial charge on any atom is 0.232 e. The van der Waals surface area contributed by atoms with Crippen LogP contribution in [0.3, 0.4) is 0 Å². The number of nitrogen functional groups attached to an aromatic ring is 1. The average molecular weight is 367 g/mol. The maximum atomic E-state index is 13.2. The van der Waals surface area contributed by atoms with E-state index in [2.05, 4.69) is 10.3 Å². The summed E-state index contributed by atoms with van der Waals surface area (Å²) in [6.45, 7) is 0.494. The van der Waals surface area contributed by atoms with E-state index in [1.165, 1.54) is 0 Å².